The Balaban J connectivity index is 3.07. The van der Waals surface area contributed by atoms with Crippen molar-refractivity contribution in [2.75, 3.05) is 0 Å². The minimum Gasteiger partial charge on any atom is -0.246 e. The summed E-state index contributed by atoms with van der Waals surface area (Å²) in [5, 5.41) is 8.50. The maximum Gasteiger partial charge on any atom is 0.133 e. The van der Waals surface area contributed by atoms with E-state index in [9.17, 15) is 4.39 Å². The highest BCUT2D eigenvalue weighted by molar-refractivity contribution is 6.09. The van der Waals surface area contributed by atoms with Gasteiger partial charge >= 0.3 is 0 Å². The first-order valence-corrected chi connectivity index (χ1v) is 5.05. The molecule has 0 aliphatic heterocycles. The quantitative estimate of drug-likeness (QED) is 0.575. The number of benzene rings is 1. The molecular weight excluding hydrogens is 215 g/mol. The van der Waals surface area contributed by atoms with Crippen molar-refractivity contribution in [3.8, 4) is 6.07 Å². The highest BCUT2D eigenvalue weighted by atomic mass is 19.1. The Kier molecular flexibility index (Phi) is 3.95. The molecule has 3 heteroatoms. The molecule has 0 amide bonds. The topological polar surface area (TPSA) is 36.1 Å². The lowest BCUT2D eigenvalue weighted by molar-refractivity contribution is 0.609. The SMILES string of the molecule is C=C(C#N)/N=C/C(=C)c1ccc(C)c(F)c1C. The Morgan fingerprint density at radius 1 is 1.41 bits per heavy atom. The Hall–Kier alpha value is -2.21. The van der Waals surface area contributed by atoms with Crippen LogP contribution in [0.1, 0.15) is 16.7 Å². The standard InChI is InChI=1S/C14H13FN2/c1-9-5-6-13(12(4)14(9)15)10(2)8-17-11(3)7-16/h5-6,8H,2-3H2,1,4H3/b17-8+. The summed E-state index contributed by atoms with van der Waals surface area (Å²) in [5.74, 6) is -0.240. The smallest absolute Gasteiger partial charge is 0.133 e. The largest absolute Gasteiger partial charge is 0.246 e. The van der Waals surface area contributed by atoms with Gasteiger partial charge in [0.1, 0.15) is 17.6 Å². The molecule has 1 aromatic rings. The Labute approximate surface area is 100 Å². The highest BCUT2D eigenvalue weighted by Crippen LogP contribution is 2.21. The molecule has 0 spiro atoms. The van der Waals surface area contributed by atoms with Gasteiger partial charge in [-0.3, -0.25) is 0 Å². The van der Waals surface area contributed by atoms with Crippen molar-refractivity contribution in [3.63, 3.8) is 0 Å². The summed E-state index contributed by atoms with van der Waals surface area (Å²) >= 11 is 0. The van der Waals surface area contributed by atoms with Crippen LogP contribution in [0.3, 0.4) is 0 Å². The lowest BCUT2D eigenvalue weighted by Gasteiger charge is -2.08. The summed E-state index contributed by atoms with van der Waals surface area (Å²) in [4.78, 5) is 3.81. The minimum absolute atomic E-state index is 0.0939. The Morgan fingerprint density at radius 3 is 2.65 bits per heavy atom. The Morgan fingerprint density at radius 2 is 2.06 bits per heavy atom. The van der Waals surface area contributed by atoms with Gasteiger partial charge < -0.3 is 0 Å². The molecule has 0 bridgehead atoms. The van der Waals surface area contributed by atoms with Crippen LogP contribution in [0.15, 0.2) is 36.0 Å². The fourth-order valence-corrected chi connectivity index (χ4v) is 1.42. The maximum absolute atomic E-state index is 13.7. The average molecular weight is 228 g/mol. The lowest BCUT2D eigenvalue weighted by Crippen LogP contribution is -1.95. The molecule has 0 aliphatic carbocycles. The van der Waals surface area contributed by atoms with E-state index in [2.05, 4.69) is 18.2 Å². The zero-order valence-electron chi connectivity index (χ0n) is 9.92. The van der Waals surface area contributed by atoms with E-state index in [1.54, 1.807) is 32.0 Å². The van der Waals surface area contributed by atoms with Crippen LogP contribution in [0, 0.1) is 31.0 Å². The van der Waals surface area contributed by atoms with Crippen molar-refractivity contribution in [2.24, 2.45) is 4.99 Å². The van der Waals surface area contributed by atoms with Gasteiger partial charge in [-0.15, -0.1) is 0 Å². The molecule has 0 aliphatic rings. The average Bonchev–Trinajstić information content (AvgIpc) is 2.32. The Bertz CT molecular complexity index is 548. The maximum atomic E-state index is 13.7. The number of nitriles is 1. The van der Waals surface area contributed by atoms with E-state index in [-0.39, 0.29) is 11.5 Å². The number of nitrogens with zero attached hydrogens (tertiary/aromatic N) is 2. The van der Waals surface area contributed by atoms with Crippen molar-refractivity contribution in [2.45, 2.75) is 13.8 Å². The van der Waals surface area contributed by atoms with E-state index in [0.29, 0.717) is 22.3 Å². The molecule has 0 saturated carbocycles. The van der Waals surface area contributed by atoms with E-state index < -0.39 is 0 Å². The molecule has 1 rings (SSSR count). The molecule has 17 heavy (non-hydrogen) atoms. The van der Waals surface area contributed by atoms with Crippen molar-refractivity contribution < 1.29 is 4.39 Å². The van der Waals surface area contributed by atoms with E-state index in [0.717, 1.165) is 0 Å². The van der Waals surface area contributed by atoms with Crippen LogP contribution in [-0.4, -0.2) is 6.21 Å². The normalized spacial score (nSPS) is 10.2. The second kappa shape index (κ2) is 5.22. The molecule has 0 unspecified atom stereocenters. The van der Waals surface area contributed by atoms with Crippen molar-refractivity contribution in [3.05, 3.63) is 53.5 Å². The second-order valence-electron chi connectivity index (χ2n) is 3.71. The van der Waals surface area contributed by atoms with E-state index >= 15 is 0 Å². The number of hydrogen-bond acceptors (Lipinski definition) is 2. The van der Waals surface area contributed by atoms with Gasteiger partial charge in [-0.05, 0) is 36.1 Å². The van der Waals surface area contributed by atoms with Gasteiger partial charge in [0.2, 0.25) is 0 Å². The summed E-state index contributed by atoms with van der Waals surface area (Å²) in [7, 11) is 0. The first-order chi connectivity index (χ1) is 7.97. The number of allylic oxidation sites excluding steroid dienone is 2. The van der Waals surface area contributed by atoms with Crippen LogP contribution in [0.25, 0.3) is 5.57 Å². The van der Waals surface area contributed by atoms with Gasteiger partial charge in [-0.25, -0.2) is 9.38 Å². The van der Waals surface area contributed by atoms with Crippen molar-refractivity contribution in [1.29, 1.82) is 5.26 Å². The number of hydrogen-bond donors (Lipinski definition) is 0. The summed E-state index contributed by atoms with van der Waals surface area (Å²) < 4.78 is 13.7. The zero-order valence-corrected chi connectivity index (χ0v) is 9.92. The van der Waals surface area contributed by atoms with Crippen LogP contribution < -0.4 is 0 Å². The van der Waals surface area contributed by atoms with Gasteiger partial charge in [0.05, 0.1) is 0 Å². The molecule has 2 nitrogen and oxygen atoms in total. The van der Waals surface area contributed by atoms with Gasteiger partial charge in [0.25, 0.3) is 0 Å². The van der Waals surface area contributed by atoms with Crippen molar-refractivity contribution >= 4 is 11.8 Å². The summed E-state index contributed by atoms with van der Waals surface area (Å²) in [6.07, 6.45) is 1.42. The number of aryl methyl sites for hydroxylation is 1. The van der Waals surface area contributed by atoms with Crippen LogP contribution >= 0.6 is 0 Å². The summed E-state index contributed by atoms with van der Waals surface area (Å²) in [6, 6.07) is 5.28. The van der Waals surface area contributed by atoms with E-state index in [1.807, 2.05) is 0 Å². The summed E-state index contributed by atoms with van der Waals surface area (Å²) in [5.41, 5.74) is 2.46. The zero-order chi connectivity index (χ0) is 13.0. The number of aliphatic imine (C=N–C) groups is 1. The molecule has 0 fully saturated rings. The fourth-order valence-electron chi connectivity index (χ4n) is 1.42. The van der Waals surface area contributed by atoms with Gasteiger partial charge in [0, 0.05) is 6.21 Å². The minimum atomic E-state index is -0.240. The first kappa shape index (κ1) is 12.9. The molecule has 1 aromatic carbocycles. The van der Waals surface area contributed by atoms with E-state index in [1.165, 1.54) is 6.21 Å². The summed E-state index contributed by atoms with van der Waals surface area (Å²) in [6.45, 7) is 10.6. The molecule has 86 valence electrons. The predicted octanol–water partition coefficient (Wildman–Crippen LogP) is 3.56. The second-order valence-corrected chi connectivity index (χ2v) is 3.71. The predicted molar refractivity (Wildman–Crippen MR) is 68.2 cm³/mol. The highest BCUT2D eigenvalue weighted by Gasteiger charge is 2.08. The molecule has 0 saturated heterocycles. The van der Waals surface area contributed by atoms with Crippen molar-refractivity contribution in [1.82, 2.24) is 0 Å². The first-order valence-electron chi connectivity index (χ1n) is 5.05. The molecule has 0 heterocycles. The van der Waals surface area contributed by atoms with Crippen LogP contribution in [-0.2, 0) is 0 Å². The van der Waals surface area contributed by atoms with E-state index in [4.69, 9.17) is 5.26 Å². The van der Waals surface area contributed by atoms with Crippen LogP contribution in [0.2, 0.25) is 0 Å². The third-order valence-corrected chi connectivity index (χ3v) is 2.43. The van der Waals surface area contributed by atoms with Gasteiger partial charge in [0.15, 0.2) is 0 Å². The van der Waals surface area contributed by atoms with Gasteiger partial charge in [-0.2, -0.15) is 5.26 Å². The molecule has 0 atom stereocenters. The van der Waals surface area contributed by atoms with Crippen LogP contribution in [0.5, 0.6) is 0 Å². The number of halogens is 1. The van der Waals surface area contributed by atoms with Gasteiger partial charge in [-0.1, -0.05) is 25.3 Å². The lowest BCUT2D eigenvalue weighted by atomic mass is 9.99. The molecule has 0 N–H and O–H groups in total. The molecule has 0 radical (unpaired) electrons. The fraction of sp³-hybridized carbons (Fsp3) is 0.143. The van der Waals surface area contributed by atoms with Crippen LogP contribution in [0.4, 0.5) is 4.39 Å². The third kappa shape index (κ3) is 2.88. The third-order valence-electron chi connectivity index (χ3n) is 2.43. The molecular formula is C14H13FN2. The number of rotatable bonds is 3. The monoisotopic (exact) mass is 228 g/mol. The molecule has 0 aromatic heterocycles.